The molecule has 2 heterocycles. The number of hydrogen-bond donors (Lipinski definition) is 1. The zero-order chi connectivity index (χ0) is 33.7. The highest BCUT2D eigenvalue weighted by molar-refractivity contribution is 5.70. The number of carbonyl (C=O) groups excluding carboxylic acids is 4. The normalized spacial score (nSPS) is 21.7. The third kappa shape index (κ3) is 8.01. The molecular formula is C35H36O12. The van der Waals surface area contributed by atoms with Crippen LogP contribution < -0.4 is 14.2 Å². The van der Waals surface area contributed by atoms with Gasteiger partial charge in [0, 0.05) is 39.3 Å². The average molecular weight is 649 g/mol. The molecule has 47 heavy (non-hydrogen) atoms. The van der Waals surface area contributed by atoms with E-state index >= 15 is 0 Å². The van der Waals surface area contributed by atoms with Crippen molar-refractivity contribution < 1.29 is 57.4 Å². The Morgan fingerprint density at radius 2 is 1.49 bits per heavy atom. The lowest BCUT2D eigenvalue weighted by molar-refractivity contribution is -0.227. The lowest BCUT2D eigenvalue weighted by Crippen LogP contribution is -2.54. The highest BCUT2D eigenvalue weighted by Gasteiger charge is 2.49. The molecule has 0 saturated carbocycles. The summed E-state index contributed by atoms with van der Waals surface area (Å²) in [5.74, 6) is -1.69. The van der Waals surface area contributed by atoms with Crippen molar-refractivity contribution in [2.45, 2.75) is 77.7 Å². The summed E-state index contributed by atoms with van der Waals surface area (Å²) < 4.78 is 40.5. The first-order valence-corrected chi connectivity index (χ1v) is 15.1. The summed E-state index contributed by atoms with van der Waals surface area (Å²) in [6.07, 6.45) is -4.30. The number of aromatic hydroxyl groups is 1. The van der Waals surface area contributed by atoms with Crippen LogP contribution in [0.3, 0.4) is 0 Å². The minimum absolute atomic E-state index is 0.113. The molecule has 0 spiro atoms. The number of ether oxygens (including phenoxy) is 7. The Balaban J connectivity index is 1.54. The van der Waals surface area contributed by atoms with Crippen LogP contribution in [-0.2, 0) is 51.2 Å². The van der Waals surface area contributed by atoms with Crippen molar-refractivity contribution in [3.8, 4) is 23.0 Å². The Bertz CT molecular complexity index is 1620. The Kier molecular flexibility index (Phi) is 10.3. The number of benzene rings is 3. The molecule has 2 aliphatic heterocycles. The summed E-state index contributed by atoms with van der Waals surface area (Å²) in [7, 11) is 0. The van der Waals surface area contributed by atoms with Crippen LogP contribution in [0.5, 0.6) is 23.0 Å². The Morgan fingerprint density at radius 1 is 0.830 bits per heavy atom. The summed E-state index contributed by atoms with van der Waals surface area (Å²) in [5.41, 5.74) is 2.33. The second-order valence-electron chi connectivity index (χ2n) is 11.2. The van der Waals surface area contributed by atoms with Crippen LogP contribution in [0.1, 0.15) is 68.6 Å². The van der Waals surface area contributed by atoms with Crippen LogP contribution in [0, 0.1) is 0 Å². The van der Waals surface area contributed by atoms with Crippen molar-refractivity contribution in [2.75, 3.05) is 6.61 Å². The molecule has 0 aliphatic carbocycles. The summed E-state index contributed by atoms with van der Waals surface area (Å²) >= 11 is 0. The molecular weight excluding hydrogens is 612 g/mol. The van der Waals surface area contributed by atoms with Crippen LogP contribution in [0.15, 0.2) is 60.7 Å². The van der Waals surface area contributed by atoms with E-state index < -0.39 is 48.3 Å². The highest BCUT2D eigenvalue weighted by atomic mass is 16.6. The summed E-state index contributed by atoms with van der Waals surface area (Å²) in [6, 6.07) is 18.0. The largest absolute Gasteiger partial charge is 0.507 e. The van der Waals surface area contributed by atoms with Crippen molar-refractivity contribution >= 4 is 23.9 Å². The lowest BCUT2D eigenvalue weighted by atomic mass is 9.89. The van der Waals surface area contributed by atoms with Crippen molar-refractivity contribution in [3.05, 3.63) is 82.9 Å². The number of carbonyl (C=O) groups is 4. The van der Waals surface area contributed by atoms with Gasteiger partial charge in [-0.25, -0.2) is 0 Å². The Hall–Kier alpha value is -5.10. The van der Waals surface area contributed by atoms with Crippen LogP contribution in [0.2, 0.25) is 0 Å². The van der Waals surface area contributed by atoms with Crippen LogP contribution in [0.4, 0.5) is 0 Å². The fourth-order valence-corrected chi connectivity index (χ4v) is 5.78. The molecule has 5 atom stereocenters. The third-order valence-corrected chi connectivity index (χ3v) is 7.68. The standard InChI is InChI=1S/C35H36O12/c1-19(36)43-25-12-10-24(11-13-25)27-15-14-26-28(47-27)16-29(41-17-23-8-6-5-7-9-23)31(32(26)40)34-35(46-22(4)39)33(45-21(3)38)30(18-42-34)44-20(2)37/h5-13,16,27,30,33-35,40H,14-15,17-18H2,1-4H3/t27?,30-,33-,34-,35+/m1/s1. The van der Waals surface area contributed by atoms with Gasteiger partial charge in [-0.1, -0.05) is 42.5 Å². The van der Waals surface area contributed by atoms with E-state index in [1.54, 1.807) is 18.2 Å². The predicted molar refractivity (Wildman–Crippen MR) is 164 cm³/mol. The van der Waals surface area contributed by atoms with Crippen LogP contribution >= 0.6 is 0 Å². The third-order valence-electron chi connectivity index (χ3n) is 7.68. The molecule has 0 radical (unpaired) electrons. The van der Waals surface area contributed by atoms with E-state index in [9.17, 15) is 24.3 Å². The van der Waals surface area contributed by atoms with Crippen molar-refractivity contribution in [1.82, 2.24) is 0 Å². The molecule has 3 aromatic rings. The molecule has 0 amide bonds. The molecule has 3 aromatic carbocycles. The van der Waals surface area contributed by atoms with Gasteiger partial charge in [-0.3, -0.25) is 19.2 Å². The Morgan fingerprint density at radius 3 is 2.13 bits per heavy atom. The van der Waals surface area contributed by atoms with E-state index in [0.29, 0.717) is 29.9 Å². The maximum atomic E-state index is 12.3. The number of hydrogen-bond acceptors (Lipinski definition) is 12. The quantitative estimate of drug-likeness (QED) is 0.192. The summed E-state index contributed by atoms with van der Waals surface area (Å²) in [4.78, 5) is 47.7. The molecule has 2 aliphatic rings. The summed E-state index contributed by atoms with van der Waals surface area (Å²) in [6.45, 7) is 4.78. The van der Waals surface area contributed by atoms with Crippen molar-refractivity contribution in [3.63, 3.8) is 0 Å². The van der Waals surface area contributed by atoms with E-state index in [0.717, 1.165) is 11.1 Å². The first-order chi connectivity index (χ1) is 22.5. The van der Waals surface area contributed by atoms with Gasteiger partial charge in [0.2, 0.25) is 0 Å². The SMILES string of the molecule is CC(=O)Oc1ccc(C2CCc3c(cc(OCc4ccccc4)c([C@H]4OC[C@@H](OC(C)=O)[C@@H](OC(C)=O)[C@@H]4OC(C)=O)c3O)O2)cc1. The first kappa shape index (κ1) is 33.3. The molecule has 1 N–H and O–H groups in total. The smallest absolute Gasteiger partial charge is 0.308 e. The van der Waals surface area contributed by atoms with E-state index in [1.807, 2.05) is 42.5 Å². The van der Waals surface area contributed by atoms with Gasteiger partial charge in [0.25, 0.3) is 0 Å². The maximum Gasteiger partial charge on any atom is 0.308 e. The van der Waals surface area contributed by atoms with E-state index in [2.05, 4.69) is 0 Å². The van der Waals surface area contributed by atoms with Gasteiger partial charge >= 0.3 is 23.9 Å². The van der Waals surface area contributed by atoms with Gasteiger partial charge in [0.05, 0.1) is 12.2 Å². The van der Waals surface area contributed by atoms with Gasteiger partial charge in [0.1, 0.15) is 41.8 Å². The molecule has 12 nitrogen and oxygen atoms in total. The molecule has 5 rings (SSSR count). The van der Waals surface area contributed by atoms with E-state index in [-0.39, 0.29) is 36.4 Å². The molecule has 12 heteroatoms. The molecule has 0 bridgehead atoms. The minimum Gasteiger partial charge on any atom is -0.507 e. The predicted octanol–water partition coefficient (Wildman–Crippen LogP) is 4.83. The van der Waals surface area contributed by atoms with Crippen molar-refractivity contribution in [1.29, 1.82) is 0 Å². The van der Waals surface area contributed by atoms with Gasteiger partial charge in [-0.15, -0.1) is 0 Å². The maximum absolute atomic E-state index is 12.3. The molecule has 0 aromatic heterocycles. The fourth-order valence-electron chi connectivity index (χ4n) is 5.78. The second-order valence-corrected chi connectivity index (χ2v) is 11.2. The van der Waals surface area contributed by atoms with Crippen LogP contribution in [0.25, 0.3) is 0 Å². The molecule has 248 valence electrons. The lowest BCUT2D eigenvalue weighted by Gasteiger charge is -2.41. The fraction of sp³-hybridized carbons (Fsp3) is 0.371. The number of phenolic OH excluding ortho intramolecular Hbond substituents is 1. The molecule has 1 unspecified atom stereocenters. The average Bonchev–Trinajstić information content (AvgIpc) is 3.02. The highest BCUT2D eigenvalue weighted by Crippen LogP contribution is 2.50. The second kappa shape index (κ2) is 14.5. The topological polar surface area (TPSA) is 153 Å². The van der Waals surface area contributed by atoms with Gasteiger partial charge < -0.3 is 38.3 Å². The number of phenols is 1. The number of rotatable bonds is 9. The summed E-state index contributed by atoms with van der Waals surface area (Å²) in [5, 5.41) is 11.9. The monoisotopic (exact) mass is 648 g/mol. The first-order valence-electron chi connectivity index (χ1n) is 15.1. The van der Waals surface area contributed by atoms with Gasteiger partial charge in [-0.2, -0.15) is 0 Å². The Labute approximate surface area is 271 Å². The number of esters is 4. The minimum atomic E-state index is -1.31. The van der Waals surface area contributed by atoms with Gasteiger partial charge in [-0.05, 0) is 36.1 Å². The van der Waals surface area contributed by atoms with Gasteiger partial charge in [0.15, 0.2) is 18.3 Å². The zero-order valence-electron chi connectivity index (χ0n) is 26.4. The van der Waals surface area contributed by atoms with E-state index in [4.69, 9.17) is 33.2 Å². The zero-order valence-corrected chi connectivity index (χ0v) is 26.4. The van der Waals surface area contributed by atoms with Crippen molar-refractivity contribution in [2.24, 2.45) is 0 Å². The number of fused-ring (bicyclic) bond motifs is 1. The molecule has 1 fully saturated rings. The van der Waals surface area contributed by atoms with Crippen LogP contribution in [-0.4, -0.2) is 53.9 Å². The van der Waals surface area contributed by atoms with E-state index in [1.165, 1.54) is 27.7 Å². The molecule has 1 saturated heterocycles.